The van der Waals surface area contributed by atoms with Crippen molar-refractivity contribution < 1.29 is 19.1 Å². The molecule has 6 rings (SSSR count). The smallest absolute Gasteiger partial charge is 0.254 e. The second-order valence-corrected chi connectivity index (χ2v) is 9.53. The van der Waals surface area contributed by atoms with Gasteiger partial charge in [0, 0.05) is 17.5 Å². The molecule has 2 aliphatic rings. The van der Waals surface area contributed by atoms with Gasteiger partial charge in [-0.2, -0.15) is 0 Å². The summed E-state index contributed by atoms with van der Waals surface area (Å²) in [5.74, 6) is 0.463. The number of aromatic nitrogens is 1. The van der Waals surface area contributed by atoms with Gasteiger partial charge in [-0.1, -0.05) is 36.4 Å². The molecule has 0 bridgehead atoms. The number of anilines is 1. The number of nitrogens with zero attached hydrogens (tertiary/aromatic N) is 2. The van der Waals surface area contributed by atoms with E-state index in [1.807, 2.05) is 85.5 Å². The van der Waals surface area contributed by atoms with Crippen molar-refractivity contribution in [3.8, 4) is 11.5 Å². The number of carbonyl (C=O) groups is 2. The number of carbonyl (C=O) groups excluding carboxylic acids is 2. The molecule has 4 aromatic rings. The summed E-state index contributed by atoms with van der Waals surface area (Å²) in [7, 11) is 0. The molecule has 38 heavy (non-hydrogen) atoms. The molecule has 0 spiro atoms. The number of fused-ring (bicyclic) bond motifs is 5. The van der Waals surface area contributed by atoms with E-state index in [9.17, 15) is 9.59 Å². The molecule has 3 aromatic carbocycles. The number of hydrogen-bond acceptors (Lipinski definition) is 5. The number of nitrogens with one attached hydrogen (secondary N) is 1. The number of rotatable bonds is 6. The third-order valence-electron chi connectivity index (χ3n) is 7.33. The van der Waals surface area contributed by atoms with Crippen LogP contribution < -0.4 is 14.8 Å². The van der Waals surface area contributed by atoms with Gasteiger partial charge in [0.2, 0.25) is 5.91 Å². The van der Waals surface area contributed by atoms with Gasteiger partial charge in [-0.25, -0.2) is 0 Å². The van der Waals surface area contributed by atoms with Crippen LogP contribution in [0.25, 0.3) is 10.9 Å². The Balaban J connectivity index is 1.46. The van der Waals surface area contributed by atoms with Crippen molar-refractivity contribution in [2.75, 3.05) is 25.1 Å². The average molecular weight is 508 g/mol. The average Bonchev–Trinajstić information content (AvgIpc) is 2.94. The predicted molar refractivity (Wildman–Crippen MR) is 146 cm³/mol. The molecule has 0 saturated heterocycles. The van der Waals surface area contributed by atoms with Crippen LogP contribution in [0.5, 0.6) is 11.5 Å². The summed E-state index contributed by atoms with van der Waals surface area (Å²) in [4.78, 5) is 34.1. The molecule has 0 saturated carbocycles. The van der Waals surface area contributed by atoms with Gasteiger partial charge in [0.15, 0.2) is 11.5 Å². The van der Waals surface area contributed by atoms with Gasteiger partial charge in [-0.15, -0.1) is 0 Å². The summed E-state index contributed by atoms with van der Waals surface area (Å²) in [5, 5.41) is 4.04. The van der Waals surface area contributed by atoms with Crippen LogP contribution in [-0.2, 0) is 11.2 Å². The van der Waals surface area contributed by atoms with Crippen LogP contribution in [0.2, 0.25) is 0 Å². The van der Waals surface area contributed by atoms with Crippen LogP contribution in [-0.4, -0.2) is 41.5 Å². The molecule has 7 heteroatoms. The summed E-state index contributed by atoms with van der Waals surface area (Å²) in [6.07, 6.45) is 2.35. The summed E-state index contributed by atoms with van der Waals surface area (Å²) in [5.41, 5.74) is 4.76. The molecule has 7 nitrogen and oxygen atoms in total. The standard InChI is InChI=1S/C31H29N3O4/c1-3-37-26-16-19-13-14-34-29(24(19)17-27(26)38-4-2)28(22-10-6-7-11-23(22)31(34)36)30(35)33-21-15-20-9-5-8-12-25(20)32-18-21/h5-12,15-18,28-29H,3-4,13-14H2,1-2H3,(H,33,35). The molecule has 0 radical (unpaired) electrons. The lowest BCUT2D eigenvalue weighted by molar-refractivity contribution is -0.119. The van der Waals surface area contributed by atoms with Gasteiger partial charge in [-0.3, -0.25) is 14.6 Å². The normalized spacial score (nSPS) is 17.8. The lowest BCUT2D eigenvalue weighted by atomic mass is 9.75. The second-order valence-electron chi connectivity index (χ2n) is 9.53. The van der Waals surface area contributed by atoms with Crippen molar-refractivity contribution in [3.63, 3.8) is 0 Å². The number of benzene rings is 3. The predicted octanol–water partition coefficient (Wildman–Crippen LogP) is 5.51. The first-order chi connectivity index (χ1) is 18.6. The Bertz CT molecular complexity index is 1550. The van der Waals surface area contributed by atoms with E-state index in [4.69, 9.17) is 9.47 Å². The zero-order valence-corrected chi connectivity index (χ0v) is 21.4. The van der Waals surface area contributed by atoms with Gasteiger partial charge < -0.3 is 19.7 Å². The molecule has 1 aromatic heterocycles. The SMILES string of the molecule is CCOc1cc2c(cc1OCC)C1C(C(=O)Nc3cnc4ccccc4c3)c3ccccc3C(=O)N1CC2. The van der Waals surface area contributed by atoms with Crippen molar-refractivity contribution in [2.24, 2.45) is 0 Å². The molecule has 0 fully saturated rings. The number of pyridine rings is 1. The maximum atomic E-state index is 14.1. The molecule has 1 N–H and O–H groups in total. The lowest BCUT2D eigenvalue weighted by Crippen LogP contribution is -2.49. The zero-order chi connectivity index (χ0) is 26.2. The maximum Gasteiger partial charge on any atom is 0.254 e. The van der Waals surface area contributed by atoms with E-state index in [1.165, 1.54) is 0 Å². The van der Waals surface area contributed by atoms with Crippen LogP contribution in [0.4, 0.5) is 5.69 Å². The first-order valence-corrected chi connectivity index (χ1v) is 13.1. The number of ether oxygens (including phenoxy) is 2. The van der Waals surface area contributed by atoms with Crippen molar-refractivity contribution in [3.05, 3.63) is 95.2 Å². The van der Waals surface area contributed by atoms with Crippen molar-refractivity contribution >= 4 is 28.4 Å². The Kier molecular flexibility index (Phi) is 6.19. The molecular formula is C31H29N3O4. The van der Waals surface area contributed by atoms with Gasteiger partial charge in [0.25, 0.3) is 5.91 Å². The Morgan fingerprint density at radius 3 is 2.53 bits per heavy atom. The first kappa shape index (κ1) is 24.0. The van der Waals surface area contributed by atoms with Crippen LogP contribution in [0.15, 0.2) is 72.9 Å². The fourth-order valence-corrected chi connectivity index (χ4v) is 5.71. The minimum absolute atomic E-state index is 0.0560. The van der Waals surface area contributed by atoms with Crippen LogP contribution >= 0.6 is 0 Å². The van der Waals surface area contributed by atoms with E-state index >= 15 is 0 Å². The minimum Gasteiger partial charge on any atom is -0.490 e. The maximum absolute atomic E-state index is 14.1. The van der Waals surface area contributed by atoms with Gasteiger partial charge >= 0.3 is 0 Å². The highest BCUT2D eigenvalue weighted by molar-refractivity contribution is 6.05. The van der Waals surface area contributed by atoms with E-state index < -0.39 is 12.0 Å². The monoisotopic (exact) mass is 507 g/mol. The molecule has 0 aliphatic carbocycles. The van der Waals surface area contributed by atoms with E-state index in [-0.39, 0.29) is 11.8 Å². The summed E-state index contributed by atoms with van der Waals surface area (Å²) >= 11 is 0. The largest absolute Gasteiger partial charge is 0.490 e. The number of amides is 2. The van der Waals surface area contributed by atoms with Gasteiger partial charge in [0.1, 0.15) is 0 Å². The van der Waals surface area contributed by atoms with E-state index in [0.29, 0.717) is 48.9 Å². The van der Waals surface area contributed by atoms with Gasteiger partial charge in [-0.05, 0) is 67.3 Å². The molecule has 2 unspecified atom stereocenters. The number of hydrogen-bond donors (Lipinski definition) is 1. The first-order valence-electron chi connectivity index (χ1n) is 13.1. The molecule has 2 atom stereocenters. The third kappa shape index (κ3) is 4.04. The van der Waals surface area contributed by atoms with Crippen LogP contribution in [0, 0.1) is 0 Å². The lowest BCUT2D eigenvalue weighted by Gasteiger charge is -2.45. The van der Waals surface area contributed by atoms with Crippen molar-refractivity contribution in [1.82, 2.24) is 9.88 Å². The summed E-state index contributed by atoms with van der Waals surface area (Å²) in [6.45, 7) is 5.38. The highest BCUT2D eigenvalue weighted by atomic mass is 16.5. The molecule has 192 valence electrons. The Hall–Kier alpha value is -4.39. The molecular weight excluding hydrogens is 478 g/mol. The van der Waals surface area contributed by atoms with E-state index in [0.717, 1.165) is 27.6 Å². The second kappa shape index (κ2) is 9.82. The summed E-state index contributed by atoms with van der Waals surface area (Å²) < 4.78 is 11.8. The summed E-state index contributed by atoms with van der Waals surface area (Å²) in [6, 6.07) is 20.6. The van der Waals surface area contributed by atoms with Crippen LogP contribution in [0.1, 0.15) is 52.9 Å². The highest BCUT2D eigenvalue weighted by Gasteiger charge is 2.46. The number of para-hydroxylation sites is 1. The van der Waals surface area contributed by atoms with E-state index in [1.54, 1.807) is 6.20 Å². The van der Waals surface area contributed by atoms with Crippen LogP contribution in [0.3, 0.4) is 0 Å². The Morgan fingerprint density at radius 1 is 0.974 bits per heavy atom. The third-order valence-corrected chi connectivity index (χ3v) is 7.33. The molecule has 3 heterocycles. The van der Waals surface area contributed by atoms with E-state index in [2.05, 4.69) is 10.3 Å². The fraction of sp³-hybridized carbons (Fsp3) is 0.258. The topological polar surface area (TPSA) is 80.8 Å². The quantitative estimate of drug-likeness (QED) is 0.372. The van der Waals surface area contributed by atoms with Crippen molar-refractivity contribution in [2.45, 2.75) is 32.2 Å². The van der Waals surface area contributed by atoms with Crippen molar-refractivity contribution in [1.29, 1.82) is 0 Å². The molecule has 2 amide bonds. The fourth-order valence-electron chi connectivity index (χ4n) is 5.71. The molecule has 2 aliphatic heterocycles. The Labute approximate surface area is 221 Å². The zero-order valence-electron chi connectivity index (χ0n) is 21.4. The minimum atomic E-state index is -0.609. The Morgan fingerprint density at radius 2 is 1.71 bits per heavy atom. The highest BCUT2D eigenvalue weighted by Crippen LogP contribution is 2.48. The van der Waals surface area contributed by atoms with Gasteiger partial charge in [0.05, 0.1) is 42.6 Å².